The van der Waals surface area contributed by atoms with Crippen LogP contribution in [0.1, 0.15) is 55.7 Å². The number of carbonyl (C=O) groups excluding carboxylic acids is 1. The van der Waals surface area contributed by atoms with Gasteiger partial charge in [0.2, 0.25) is 0 Å². The van der Waals surface area contributed by atoms with Crippen LogP contribution in [0.25, 0.3) is 0 Å². The molecule has 2 fully saturated rings. The van der Waals surface area contributed by atoms with Gasteiger partial charge in [-0.1, -0.05) is 47.5 Å². The standard InChI is InChI=1S/C20H30ClN2O.C7H8.Y/c1-4-23(11-6-5-7-12-23)18-9-8-10-22(20(18)24)19-15(2)13-17(21)14-16(19)3;1-7-5-3-2-4-6-7;/h13-14,18H,4-12H2,1-3H3;2-6H,1H3;/q+1;;. The molecule has 1 amide bonds. The molecule has 2 heterocycles. The average Bonchev–Trinajstić information content (AvgIpc) is 2.76. The summed E-state index contributed by atoms with van der Waals surface area (Å²) in [6.45, 7) is 12.7. The topological polar surface area (TPSA) is 20.3 Å². The number of hydrogen-bond donors (Lipinski definition) is 0. The Bertz CT molecular complexity index is 857. The van der Waals surface area contributed by atoms with E-state index >= 15 is 0 Å². The van der Waals surface area contributed by atoms with Gasteiger partial charge in [0.15, 0.2) is 6.04 Å². The number of piperidine rings is 2. The molecule has 3 nitrogen and oxygen atoms in total. The van der Waals surface area contributed by atoms with Crippen molar-refractivity contribution in [3.63, 3.8) is 0 Å². The van der Waals surface area contributed by atoms with Crippen molar-refractivity contribution in [1.82, 2.24) is 0 Å². The molecule has 2 aliphatic heterocycles. The first-order chi connectivity index (χ1) is 14.9. The van der Waals surface area contributed by atoms with Gasteiger partial charge < -0.3 is 9.38 Å². The second-order valence-electron chi connectivity index (χ2n) is 9.23. The molecule has 2 aliphatic rings. The third-order valence-electron chi connectivity index (χ3n) is 7.07. The minimum absolute atomic E-state index is 0. The Hall–Kier alpha value is -0.736. The smallest absolute Gasteiger partial charge is 0.285 e. The molecule has 5 heteroatoms. The van der Waals surface area contributed by atoms with Crippen molar-refractivity contribution >= 4 is 23.2 Å². The number of rotatable bonds is 3. The first-order valence-corrected chi connectivity index (χ1v) is 12.2. The van der Waals surface area contributed by atoms with E-state index in [1.807, 2.05) is 30.3 Å². The fraction of sp³-hybridized carbons (Fsp3) is 0.519. The van der Waals surface area contributed by atoms with Crippen molar-refractivity contribution in [1.29, 1.82) is 0 Å². The summed E-state index contributed by atoms with van der Waals surface area (Å²) in [5.74, 6) is 0.332. The van der Waals surface area contributed by atoms with Gasteiger partial charge in [0.1, 0.15) is 0 Å². The summed E-state index contributed by atoms with van der Waals surface area (Å²) in [6, 6.07) is 14.4. The molecule has 2 aromatic rings. The van der Waals surface area contributed by atoms with Crippen molar-refractivity contribution in [2.45, 2.75) is 65.8 Å². The predicted molar refractivity (Wildman–Crippen MR) is 132 cm³/mol. The van der Waals surface area contributed by atoms with Crippen LogP contribution in [0, 0.1) is 20.8 Å². The van der Waals surface area contributed by atoms with Gasteiger partial charge in [0.25, 0.3) is 5.91 Å². The molecule has 171 valence electrons. The predicted octanol–water partition coefficient (Wildman–Crippen LogP) is 6.47. The van der Waals surface area contributed by atoms with Gasteiger partial charge in [-0.25, -0.2) is 0 Å². The Labute approximate surface area is 225 Å². The number of anilines is 1. The number of amides is 1. The molecule has 0 saturated carbocycles. The summed E-state index contributed by atoms with van der Waals surface area (Å²) in [4.78, 5) is 15.5. The molecule has 1 radical (unpaired) electrons. The van der Waals surface area contributed by atoms with Gasteiger partial charge in [-0.2, -0.15) is 0 Å². The van der Waals surface area contributed by atoms with Crippen molar-refractivity contribution < 1.29 is 42.0 Å². The number of likely N-dealkylation sites (N-methyl/N-ethyl adjacent to an activating group) is 1. The molecule has 0 bridgehead atoms. The van der Waals surface area contributed by atoms with Crippen LogP contribution < -0.4 is 4.90 Å². The monoisotopic (exact) mass is 530 g/mol. The van der Waals surface area contributed by atoms with E-state index in [-0.39, 0.29) is 38.8 Å². The number of hydrogen-bond acceptors (Lipinski definition) is 1. The Morgan fingerprint density at radius 3 is 2.06 bits per heavy atom. The maximum atomic E-state index is 13.5. The Morgan fingerprint density at radius 1 is 0.969 bits per heavy atom. The van der Waals surface area contributed by atoms with E-state index in [1.54, 1.807) is 0 Å². The van der Waals surface area contributed by atoms with Gasteiger partial charge in [-0.3, -0.25) is 4.79 Å². The fourth-order valence-electron chi connectivity index (χ4n) is 5.44. The molecule has 2 saturated heterocycles. The zero-order valence-corrected chi connectivity index (χ0v) is 23.8. The summed E-state index contributed by atoms with van der Waals surface area (Å²) in [5, 5.41) is 0.753. The van der Waals surface area contributed by atoms with E-state index in [2.05, 4.69) is 44.7 Å². The van der Waals surface area contributed by atoms with Crippen LogP contribution in [-0.4, -0.2) is 42.6 Å². The maximum Gasteiger partial charge on any atom is 0.285 e. The molecule has 0 spiro atoms. The van der Waals surface area contributed by atoms with Gasteiger partial charge in [0, 0.05) is 56.4 Å². The molecule has 0 aromatic heterocycles. The zero-order chi connectivity index (χ0) is 22.4. The van der Waals surface area contributed by atoms with E-state index in [9.17, 15) is 4.79 Å². The SMILES string of the molecule is CC[N+]1(C2CCCN(c3c(C)cc(Cl)cc3C)C2=O)CCCCC1.Cc1ccccc1.[Y]. The zero-order valence-electron chi connectivity index (χ0n) is 20.2. The molecular formula is C27H38ClN2OY+. The summed E-state index contributed by atoms with van der Waals surface area (Å²) in [7, 11) is 0. The van der Waals surface area contributed by atoms with Crippen molar-refractivity contribution in [2.24, 2.45) is 0 Å². The van der Waals surface area contributed by atoms with Gasteiger partial charge in [-0.05, 0) is 76.6 Å². The number of benzene rings is 2. The number of carbonyl (C=O) groups is 1. The molecule has 2 aromatic carbocycles. The summed E-state index contributed by atoms with van der Waals surface area (Å²) in [5.41, 5.74) is 4.62. The van der Waals surface area contributed by atoms with Crippen LogP contribution in [0.2, 0.25) is 5.02 Å². The van der Waals surface area contributed by atoms with Crippen molar-refractivity contribution in [3.8, 4) is 0 Å². The first-order valence-electron chi connectivity index (χ1n) is 11.8. The van der Waals surface area contributed by atoms with Crippen LogP contribution >= 0.6 is 11.6 Å². The summed E-state index contributed by atoms with van der Waals surface area (Å²) < 4.78 is 1.00. The van der Waals surface area contributed by atoms with E-state index < -0.39 is 0 Å². The van der Waals surface area contributed by atoms with Gasteiger partial charge in [0.05, 0.1) is 19.6 Å². The number of aryl methyl sites for hydroxylation is 3. The van der Waals surface area contributed by atoms with E-state index in [0.717, 1.165) is 52.3 Å². The molecule has 4 rings (SSSR count). The Balaban J connectivity index is 0.000000388. The van der Waals surface area contributed by atoms with Crippen molar-refractivity contribution in [2.75, 3.05) is 31.1 Å². The van der Waals surface area contributed by atoms with Crippen LogP contribution in [-0.2, 0) is 37.5 Å². The maximum absolute atomic E-state index is 13.5. The van der Waals surface area contributed by atoms with E-state index in [1.165, 1.54) is 37.9 Å². The number of quaternary nitrogens is 1. The first kappa shape index (κ1) is 27.5. The van der Waals surface area contributed by atoms with Crippen LogP contribution in [0.15, 0.2) is 42.5 Å². The Kier molecular flexibility index (Phi) is 10.9. The van der Waals surface area contributed by atoms with Gasteiger partial charge in [-0.15, -0.1) is 0 Å². The third kappa shape index (κ3) is 6.44. The molecule has 1 unspecified atom stereocenters. The molecule has 0 aliphatic carbocycles. The summed E-state index contributed by atoms with van der Waals surface area (Å²) >= 11 is 6.19. The normalized spacial score (nSPS) is 20.1. The molecule has 1 atom stereocenters. The van der Waals surface area contributed by atoms with E-state index in [4.69, 9.17) is 11.6 Å². The molecule has 0 N–H and O–H groups in total. The number of nitrogens with zero attached hydrogens (tertiary/aromatic N) is 2. The second-order valence-corrected chi connectivity index (χ2v) is 9.67. The minimum atomic E-state index is 0. The number of likely N-dealkylation sites (tertiary alicyclic amines) is 1. The van der Waals surface area contributed by atoms with Crippen molar-refractivity contribution in [3.05, 3.63) is 64.2 Å². The van der Waals surface area contributed by atoms with Gasteiger partial charge >= 0.3 is 0 Å². The largest absolute Gasteiger partial charge is 0.314 e. The molecular weight excluding hydrogens is 493 g/mol. The summed E-state index contributed by atoms with van der Waals surface area (Å²) in [6.07, 6.45) is 5.97. The molecule has 32 heavy (non-hydrogen) atoms. The average molecular weight is 531 g/mol. The second kappa shape index (κ2) is 12.6. The quantitative estimate of drug-likeness (QED) is 0.417. The van der Waals surface area contributed by atoms with Crippen LogP contribution in [0.4, 0.5) is 5.69 Å². The third-order valence-corrected chi connectivity index (χ3v) is 7.29. The number of halogens is 1. The van der Waals surface area contributed by atoms with Crippen LogP contribution in [0.5, 0.6) is 0 Å². The fourth-order valence-corrected chi connectivity index (χ4v) is 5.77. The van der Waals surface area contributed by atoms with E-state index in [0.29, 0.717) is 5.91 Å². The Morgan fingerprint density at radius 2 is 1.56 bits per heavy atom. The van der Waals surface area contributed by atoms with Crippen LogP contribution in [0.3, 0.4) is 0 Å². The minimum Gasteiger partial charge on any atom is -0.314 e.